The lowest BCUT2D eigenvalue weighted by atomic mass is 10.1. The van der Waals surface area contributed by atoms with Crippen molar-refractivity contribution in [2.24, 2.45) is 7.05 Å². The molecule has 0 bridgehead atoms. The molecule has 0 aliphatic carbocycles. The summed E-state index contributed by atoms with van der Waals surface area (Å²) in [5, 5.41) is 7.68. The quantitative estimate of drug-likeness (QED) is 0.553. The fraction of sp³-hybridized carbons (Fsp3) is 0.182. The number of pyridine rings is 1. The number of anilines is 1. The van der Waals surface area contributed by atoms with Gasteiger partial charge in [0.2, 0.25) is 0 Å². The molecule has 0 aliphatic rings. The van der Waals surface area contributed by atoms with Crippen molar-refractivity contribution in [3.63, 3.8) is 0 Å². The molecule has 1 aromatic carbocycles. The molecule has 6 heteroatoms. The highest BCUT2D eigenvalue weighted by Gasteiger charge is 2.08. The van der Waals surface area contributed by atoms with Crippen molar-refractivity contribution < 1.29 is 0 Å². The van der Waals surface area contributed by atoms with Crippen molar-refractivity contribution in [2.45, 2.75) is 19.9 Å². The molecule has 28 heavy (non-hydrogen) atoms. The molecule has 0 saturated carbocycles. The molecule has 0 radical (unpaired) electrons. The molecule has 4 rings (SSSR count). The molecule has 0 spiro atoms. The Labute approximate surface area is 164 Å². The van der Waals surface area contributed by atoms with Crippen LogP contribution in [0.5, 0.6) is 0 Å². The molecule has 1 N–H and O–H groups in total. The lowest BCUT2D eigenvalue weighted by Crippen LogP contribution is -2.05. The van der Waals surface area contributed by atoms with E-state index in [9.17, 15) is 0 Å². The summed E-state index contributed by atoms with van der Waals surface area (Å²) in [5.74, 6) is 1.45. The minimum atomic E-state index is 0.645. The van der Waals surface area contributed by atoms with Gasteiger partial charge in [0.05, 0.1) is 6.20 Å². The van der Waals surface area contributed by atoms with Crippen LogP contribution in [0.25, 0.3) is 22.6 Å². The van der Waals surface area contributed by atoms with Crippen LogP contribution in [0.4, 0.5) is 5.82 Å². The fourth-order valence-electron chi connectivity index (χ4n) is 3.00. The molecule has 0 saturated heterocycles. The number of hydrogen-bond acceptors (Lipinski definition) is 5. The van der Waals surface area contributed by atoms with E-state index in [2.05, 4.69) is 56.6 Å². The van der Waals surface area contributed by atoms with Gasteiger partial charge >= 0.3 is 0 Å². The molecule has 3 aromatic heterocycles. The highest BCUT2D eigenvalue weighted by atomic mass is 15.2. The molecule has 0 atom stereocenters. The molecule has 0 amide bonds. The van der Waals surface area contributed by atoms with Crippen LogP contribution in [-0.4, -0.2) is 24.7 Å². The average molecular weight is 370 g/mol. The maximum absolute atomic E-state index is 4.65. The first-order valence-corrected chi connectivity index (χ1v) is 9.32. The van der Waals surface area contributed by atoms with Crippen LogP contribution in [0.1, 0.15) is 18.2 Å². The predicted octanol–water partition coefficient (Wildman–Crippen LogP) is 4.11. The second-order valence-corrected chi connectivity index (χ2v) is 6.59. The van der Waals surface area contributed by atoms with E-state index in [0.29, 0.717) is 12.4 Å². The van der Waals surface area contributed by atoms with E-state index in [0.717, 1.165) is 34.8 Å². The largest absolute Gasteiger partial charge is 0.366 e. The van der Waals surface area contributed by atoms with E-state index >= 15 is 0 Å². The van der Waals surface area contributed by atoms with Crippen LogP contribution in [0.2, 0.25) is 0 Å². The molecule has 6 nitrogen and oxygen atoms in total. The number of aryl methyl sites for hydroxylation is 2. The van der Waals surface area contributed by atoms with Crippen LogP contribution in [0, 0.1) is 0 Å². The number of nitrogens with zero attached hydrogens (tertiary/aromatic N) is 5. The van der Waals surface area contributed by atoms with Crippen LogP contribution < -0.4 is 5.32 Å². The number of hydrogen-bond donors (Lipinski definition) is 1. The zero-order chi connectivity index (χ0) is 19.3. The topological polar surface area (TPSA) is 68.5 Å². The van der Waals surface area contributed by atoms with E-state index in [-0.39, 0.29) is 0 Å². The zero-order valence-corrected chi connectivity index (χ0v) is 16.0. The molecule has 140 valence electrons. The summed E-state index contributed by atoms with van der Waals surface area (Å²) in [6.07, 6.45) is 6.50. The summed E-state index contributed by atoms with van der Waals surface area (Å²) < 4.78 is 1.81. The van der Waals surface area contributed by atoms with Gasteiger partial charge in [-0.25, -0.2) is 9.97 Å². The highest BCUT2D eigenvalue weighted by Crippen LogP contribution is 2.21. The maximum atomic E-state index is 4.65. The first-order chi connectivity index (χ1) is 13.7. The molecule has 3 heterocycles. The van der Waals surface area contributed by atoms with Crippen molar-refractivity contribution in [1.82, 2.24) is 24.7 Å². The third kappa shape index (κ3) is 4.06. The first-order valence-electron chi connectivity index (χ1n) is 9.32. The molecule has 0 aliphatic heterocycles. The van der Waals surface area contributed by atoms with Gasteiger partial charge in [-0.2, -0.15) is 5.10 Å². The van der Waals surface area contributed by atoms with Crippen molar-refractivity contribution in [2.75, 3.05) is 5.32 Å². The lowest BCUT2D eigenvalue weighted by molar-refractivity contribution is 0.768. The summed E-state index contributed by atoms with van der Waals surface area (Å²) in [7, 11) is 1.93. The second-order valence-electron chi connectivity index (χ2n) is 6.59. The van der Waals surface area contributed by atoms with Gasteiger partial charge < -0.3 is 5.32 Å². The number of aromatic nitrogens is 5. The number of rotatable bonds is 6. The Morgan fingerprint density at radius 2 is 1.93 bits per heavy atom. The molecular weight excluding hydrogens is 348 g/mol. The normalized spacial score (nSPS) is 10.8. The van der Waals surface area contributed by atoms with Crippen LogP contribution in [0.3, 0.4) is 0 Å². The molecule has 0 unspecified atom stereocenters. The Morgan fingerprint density at radius 1 is 1.00 bits per heavy atom. The Morgan fingerprint density at radius 3 is 2.68 bits per heavy atom. The second kappa shape index (κ2) is 8.00. The monoisotopic (exact) mass is 370 g/mol. The Hall–Kier alpha value is -3.54. The molecule has 4 aromatic rings. The Balaban J connectivity index is 1.55. The maximum Gasteiger partial charge on any atom is 0.180 e. The third-order valence-corrected chi connectivity index (χ3v) is 4.47. The van der Waals surface area contributed by atoms with Crippen molar-refractivity contribution in [3.05, 3.63) is 78.4 Å². The summed E-state index contributed by atoms with van der Waals surface area (Å²) in [5.41, 5.74) is 5.20. The minimum absolute atomic E-state index is 0.645. The molecular formula is C22H22N6. The number of benzene rings is 1. The van der Waals surface area contributed by atoms with Crippen molar-refractivity contribution in [3.8, 4) is 22.6 Å². The van der Waals surface area contributed by atoms with Crippen LogP contribution in [0.15, 0.2) is 67.1 Å². The van der Waals surface area contributed by atoms with Gasteiger partial charge in [0.1, 0.15) is 11.5 Å². The number of nitrogens with one attached hydrogen (secondary N) is 1. The zero-order valence-electron chi connectivity index (χ0n) is 16.0. The van der Waals surface area contributed by atoms with Crippen LogP contribution >= 0.6 is 0 Å². The van der Waals surface area contributed by atoms with E-state index in [1.165, 1.54) is 5.56 Å². The summed E-state index contributed by atoms with van der Waals surface area (Å²) >= 11 is 0. The third-order valence-electron chi connectivity index (χ3n) is 4.47. The van der Waals surface area contributed by atoms with Crippen molar-refractivity contribution in [1.29, 1.82) is 0 Å². The molecule has 0 fully saturated rings. The lowest BCUT2D eigenvalue weighted by Gasteiger charge is -2.10. The minimum Gasteiger partial charge on any atom is -0.366 e. The van der Waals surface area contributed by atoms with Gasteiger partial charge in [-0.05, 0) is 35.7 Å². The average Bonchev–Trinajstić information content (AvgIpc) is 3.19. The van der Waals surface area contributed by atoms with Gasteiger partial charge in [0.25, 0.3) is 0 Å². The van der Waals surface area contributed by atoms with E-state index in [1.54, 1.807) is 6.20 Å². The standard InChI is InChI=1S/C22H22N6/c1-3-19-12-21(27-22(26-19)20-9-4-5-10-23-20)24-13-16-7-6-8-17(11-16)18-14-25-28(2)15-18/h4-12,14-15H,3,13H2,1-2H3,(H,24,26,27). The van der Waals surface area contributed by atoms with Crippen LogP contribution in [-0.2, 0) is 20.0 Å². The summed E-state index contributed by atoms with van der Waals surface area (Å²) in [4.78, 5) is 13.6. The van der Waals surface area contributed by atoms with E-state index < -0.39 is 0 Å². The Bertz CT molecular complexity index is 1070. The van der Waals surface area contributed by atoms with Gasteiger partial charge in [-0.15, -0.1) is 0 Å². The van der Waals surface area contributed by atoms with Gasteiger partial charge in [0, 0.05) is 43.3 Å². The Kier molecular flexibility index (Phi) is 5.10. The van der Waals surface area contributed by atoms with E-state index in [1.807, 2.05) is 48.4 Å². The predicted molar refractivity (Wildman–Crippen MR) is 111 cm³/mol. The summed E-state index contributed by atoms with van der Waals surface area (Å²) in [6, 6.07) is 16.2. The SMILES string of the molecule is CCc1cc(NCc2cccc(-c3cnn(C)c3)c2)nc(-c2ccccn2)n1. The van der Waals surface area contributed by atoms with Gasteiger partial charge in [-0.1, -0.05) is 31.2 Å². The summed E-state index contributed by atoms with van der Waals surface area (Å²) in [6.45, 7) is 2.77. The first kappa shape index (κ1) is 17.9. The highest BCUT2D eigenvalue weighted by molar-refractivity contribution is 5.62. The van der Waals surface area contributed by atoms with Gasteiger partial charge in [0.15, 0.2) is 5.82 Å². The fourth-order valence-corrected chi connectivity index (χ4v) is 3.00. The van der Waals surface area contributed by atoms with Crippen molar-refractivity contribution >= 4 is 5.82 Å². The smallest absolute Gasteiger partial charge is 0.180 e. The van der Waals surface area contributed by atoms with Gasteiger partial charge in [-0.3, -0.25) is 9.67 Å². The van der Waals surface area contributed by atoms with E-state index in [4.69, 9.17) is 0 Å².